The topological polar surface area (TPSA) is 89.9 Å². The zero-order valence-electron chi connectivity index (χ0n) is 17.1. The predicted molar refractivity (Wildman–Crippen MR) is 105 cm³/mol. The third-order valence-corrected chi connectivity index (χ3v) is 5.07. The first-order valence-corrected chi connectivity index (χ1v) is 9.39. The van der Waals surface area contributed by atoms with Crippen molar-refractivity contribution in [1.82, 2.24) is 24.9 Å². The summed E-state index contributed by atoms with van der Waals surface area (Å²) in [6, 6.07) is 0.196. The van der Waals surface area contributed by atoms with Crippen LogP contribution in [0.25, 0.3) is 5.70 Å². The Morgan fingerprint density at radius 3 is 2.69 bits per heavy atom. The van der Waals surface area contributed by atoms with E-state index in [1.165, 1.54) is 22.6 Å². The third kappa shape index (κ3) is 4.12. The summed E-state index contributed by atoms with van der Waals surface area (Å²) in [5.41, 5.74) is 4.16. The molecule has 0 unspecified atom stereocenters. The van der Waals surface area contributed by atoms with Gasteiger partial charge in [-0.1, -0.05) is 11.8 Å². The van der Waals surface area contributed by atoms with Gasteiger partial charge < -0.3 is 10.6 Å². The van der Waals surface area contributed by atoms with E-state index in [0.717, 1.165) is 18.5 Å². The van der Waals surface area contributed by atoms with E-state index in [9.17, 15) is 26.7 Å². The SMILES string of the molecule is C=C(/C=C(C)\C(F)=C/N)n1nnc2c1CCN(C(=O)c1ccnc(C(F)(F)F)c1F)[C@H]2C. The first kappa shape index (κ1) is 23.1. The van der Waals surface area contributed by atoms with Crippen molar-refractivity contribution in [3.8, 4) is 0 Å². The van der Waals surface area contributed by atoms with Crippen LogP contribution in [0, 0.1) is 5.82 Å². The number of hydrogen-bond donors (Lipinski definition) is 1. The molecule has 32 heavy (non-hydrogen) atoms. The Balaban J connectivity index is 1.90. The molecule has 1 atom stereocenters. The summed E-state index contributed by atoms with van der Waals surface area (Å²) in [5.74, 6) is -3.29. The van der Waals surface area contributed by atoms with Gasteiger partial charge in [-0.15, -0.1) is 5.10 Å². The maximum atomic E-state index is 14.4. The van der Waals surface area contributed by atoms with Crippen molar-refractivity contribution in [3.05, 3.63) is 71.0 Å². The van der Waals surface area contributed by atoms with E-state index in [1.807, 2.05) is 0 Å². The quantitative estimate of drug-likeness (QED) is 0.561. The van der Waals surface area contributed by atoms with Crippen LogP contribution in [-0.2, 0) is 12.6 Å². The smallest absolute Gasteiger partial charge is 0.402 e. The van der Waals surface area contributed by atoms with Crippen LogP contribution in [-0.4, -0.2) is 37.3 Å². The van der Waals surface area contributed by atoms with Gasteiger partial charge in [0.15, 0.2) is 11.5 Å². The second kappa shape index (κ2) is 8.52. The first-order chi connectivity index (χ1) is 15.0. The average molecular weight is 454 g/mol. The van der Waals surface area contributed by atoms with E-state index in [-0.39, 0.29) is 18.5 Å². The molecule has 0 bridgehead atoms. The fourth-order valence-corrected chi connectivity index (χ4v) is 3.42. The number of nitrogens with two attached hydrogens (primary N) is 1. The van der Waals surface area contributed by atoms with Gasteiger partial charge in [0.25, 0.3) is 5.91 Å². The molecule has 0 fully saturated rings. The number of alkyl halides is 3. The van der Waals surface area contributed by atoms with Crippen molar-refractivity contribution < 1.29 is 26.7 Å². The van der Waals surface area contributed by atoms with E-state index < -0.39 is 41.0 Å². The van der Waals surface area contributed by atoms with E-state index in [1.54, 1.807) is 6.92 Å². The molecule has 2 aromatic rings. The molecular weight excluding hydrogens is 435 g/mol. The van der Waals surface area contributed by atoms with Crippen molar-refractivity contribution >= 4 is 11.6 Å². The minimum atomic E-state index is -5.03. The number of carbonyl (C=O) groups excluding carboxylic acids is 1. The van der Waals surface area contributed by atoms with Crippen LogP contribution in [0.2, 0.25) is 0 Å². The fourth-order valence-electron chi connectivity index (χ4n) is 3.42. The highest BCUT2D eigenvalue weighted by atomic mass is 19.4. The Bertz CT molecular complexity index is 1130. The number of aromatic nitrogens is 4. The molecule has 0 saturated carbocycles. The molecule has 12 heteroatoms. The van der Waals surface area contributed by atoms with Crippen molar-refractivity contribution in [2.45, 2.75) is 32.5 Å². The van der Waals surface area contributed by atoms with Crippen LogP contribution in [0.4, 0.5) is 22.0 Å². The van der Waals surface area contributed by atoms with Gasteiger partial charge in [0, 0.05) is 25.4 Å². The Labute approximate surface area is 179 Å². The molecular formula is C20H19F5N6O. The second-order valence-electron chi connectivity index (χ2n) is 7.11. The summed E-state index contributed by atoms with van der Waals surface area (Å²) in [4.78, 5) is 17.1. The lowest BCUT2D eigenvalue weighted by Gasteiger charge is -2.33. The van der Waals surface area contributed by atoms with Gasteiger partial charge in [-0.05, 0) is 31.6 Å². The largest absolute Gasteiger partial charge is 0.436 e. The lowest BCUT2D eigenvalue weighted by Crippen LogP contribution is -2.40. The number of hydrogen-bond acceptors (Lipinski definition) is 5. The van der Waals surface area contributed by atoms with Crippen molar-refractivity contribution in [2.75, 3.05) is 6.54 Å². The molecule has 3 heterocycles. The minimum Gasteiger partial charge on any atom is -0.402 e. The van der Waals surface area contributed by atoms with Crippen LogP contribution < -0.4 is 5.73 Å². The third-order valence-electron chi connectivity index (χ3n) is 5.07. The summed E-state index contributed by atoms with van der Waals surface area (Å²) in [7, 11) is 0. The van der Waals surface area contributed by atoms with Crippen LogP contribution in [0.3, 0.4) is 0 Å². The molecule has 1 aliphatic heterocycles. The number of rotatable bonds is 4. The zero-order valence-corrected chi connectivity index (χ0v) is 17.1. The van der Waals surface area contributed by atoms with Gasteiger partial charge >= 0.3 is 6.18 Å². The number of amides is 1. The number of allylic oxidation sites excluding steroid dienone is 4. The molecule has 0 spiro atoms. The van der Waals surface area contributed by atoms with Gasteiger partial charge in [-0.25, -0.2) is 18.4 Å². The molecule has 0 aromatic carbocycles. The number of pyridine rings is 1. The molecule has 7 nitrogen and oxygen atoms in total. The number of nitrogens with zero attached hydrogens (tertiary/aromatic N) is 5. The van der Waals surface area contributed by atoms with E-state index >= 15 is 0 Å². The Hall–Kier alpha value is -3.57. The van der Waals surface area contributed by atoms with E-state index in [4.69, 9.17) is 5.73 Å². The standard InChI is InChI=1S/C20H19F5N6O/c1-10(14(21)9-26)8-11(2)31-15-5-7-30(12(3)17(15)28-29-31)19(32)13-4-6-27-18(16(13)22)20(23,24)25/h4,6,8-9,12H,2,5,7,26H2,1,3H3/b10-8-,14-9+/t12-/m0/s1. The van der Waals surface area contributed by atoms with Gasteiger partial charge in [-0.2, -0.15) is 13.2 Å². The van der Waals surface area contributed by atoms with Gasteiger partial charge in [0.05, 0.1) is 23.0 Å². The van der Waals surface area contributed by atoms with Crippen LogP contribution in [0.1, 0.15) is 47.3 Å². The number of carbonyl (C=O) groups is 1. The normalized spacial score (nSPS) is 17.3. The summed E-state index contributed by atoms with van der Waals surface area (Å²) < 4.78 is 68.2. The highest BCUT2D eigenvalue weighted by molar-refractivity contribution is 5.95. The second-order valence-corrected chi connectivity index (χ2v) is 7.11. The summed E-state index contributed by atoms with van der Waals surface area (Å²) in [6.07, 6.45) is -1.85. The van der Waals surface area contributed by atoms with Crippen LogP contribution in [0.15, 0.2) is 42.5 Å². The Morgan fingerprint density at radius 2 is 2.06 bits per heavy atom. The molecule has 2 N–H and O–H groups in total. The highest BCUT2D eigenvalue weighted by Gasteiger charge is 2.40. The predicted octanol–water partition coefficient (Wildman–Crippen LogP) is 3.78. The van der Waals surface area contributed by atoms with E-state index in [0.29, 0.717) is 17.1 Å². The maximum Gasteiger partial charge on any atom is 0.436 e. The number of fused-ring (bicyclic) bond motifs is 1. The molecule has 0 saturated heterocycles. The van der Waals surface area contributed by atoms with Gasteiger partial charge in [-0.3, -0.25) is 4.79 Å². The average Bonchev–Trinajstić information content (AvgIpc) is 3.17. The number of halogens is 5. The van der Waals surface area contributed by atoms with Gasteiger partial charge in [0.1, 0.15) is 11.5 Å². The summed E-state index contributed by atoms with van der Waals surface area (Å²) >= 11 is 0. The molecule has 0 aliphatic carbocycles. The Kier molecular flexibility index (Phi) is 6.15. The highest BCUT2D eigenvalue weighted by Crippen LogP contribution is 2.33. The maximum absolute atomic E-state index is 14.4. The molecule has 1 aliphatic rings. The molecule has 1 amide bonds. The van der Waals surface area contributed by atoms with Crippen molar-refractivity contribution in [3.63, 3.8) is 0 Å². The molecule has 170 valence electrons. The fraction of sp³-hybridized carbons (Fsp3) is 0.300. The molecule has 2 aromatic heterocycles. The van der Waals surface area contributed by atoms with Crippen molar-refractivity contribution in [1.29, 1.82) is 0 Å². The van der Waals surface area contributed by atoms with Crippen molar-refractivity contribution in [2.24, 2.45) is 5.73 Å². The monoisotopic (exact) mass is 454 g/mol. The summed E-state index contributed by atoms with van der Waals surface area (Å²) in [6.45, 7) is 7.00. The lowest BCUT2D eigenvalue weighted by molar-refractivity contribution is -0.143. The van der Waals surface area contributed by atoms with Crippen LogP contribution in [0.5, 0.6) is 0 Å². The summed E-state index contributed by atoms with van der Waals surface area (Å²) in [5, 5.41) is 8.04. The minimum absolute atomic E-state index is 0.0660. The van der Waals surface area contributed by atoms with Gasteiger partial charge in [0.2, 0.25) is 0 Å². The zero-order chi connectivity index (χ0) is 23.8. The van der Waals surface area contributed by atoms with E-state index in [2.05, 4.69) is 21.9 Å². The Morgan fingerprint density at radius 1 is 1.38 bits per heavy atom. The molecule has 3 rings (SSSR count). The first-order valence-electron chi connectivity index (χ1n) is 9.39. The lowest BCUT2D eigenvalue weighted by atomic mass is 10.0. The molecule has 0 radical (unpaired) electrons. The van der Waals surface area contributed by atoms with Crippen LogP contribution >= 0.6 is 0 Å².